The average Bonchev–Trinajstić information content (AvgIpc) is 2.82. The summed E-state index contributed by atoms with van der Waals surface area (Å²) < 4.78 is 27.1. The van der Waals surface area contributed by atoms with Gasteiger partial charge in [0.25, 0.3) is 0 Å². The maximum absolute atomic E-state index is 13.6. The van der Waals surface area contributed by atoms with Crippen LogP contribution in [0.15, 0.2) is 42.9 Å². The summed E-state index contributed by atoms with van der Waals surface area (Å²) in [7, 11) is 0. The highest BCUT2D eigenvalue weighted by Crippen LogP contribution is 2.42. The molecule has 35 heavy (non-hydrogen) atoms. The summed E-state index contributed by atoms with van der Waals surface area (Å²) in [6.07, 6.45) is 8.94. The van der Waals surface area contributed by atoms with Crippen molar-refractivity contribution < 1.29 is 8.78 Å². The first-order chi connectivity index (χ1) is 17.1. The molecule has 5 heterocycles. The van der Waals surface area contributed by atoms with Crippen molar-refractivity contribution in [2.75, 3.05) is 36.4 Å². The quantitative estimate of drug-likeness (QED) is 0.416. The van der Waals surface area contributed by atoms with Crippen LogP contribution in [0, 0.1) is 11.8 Å². The number of pyridine rings is 3. The summed E-state index contributed by atoms with van der Waals surface area (Å²) in [4.78, 5) is 24.7. The lowest BCUT2D eigenvalue weighted by Crippen LogP contribution is -2.44. The fourth-order valence-corrected chi connectivity index (χ4v) is 4.65. The molecule has 4 aromatic heterocycles. The van der Waals surface area contributed by atoms with E-state index in [4.69, 9.17) is 9.97 Å². The van der Waals surface area contributed by atoms with Crippen LogP contribution in [0.3, 0.4) is 0 Å². The summed E-state index contributed by atoms with van der Waals surface area (Å²) in [5.41, 5.74) is 2.77. The Morgan fingerprint density at radius 2 is 1.83 bits per heavy atom. The molecule has 10 heteroatoms. The molecule has 178 valence electrons. The lowest BCUT2D eigenvalue weighted by atomic mass is 9.79. The number of nitrogens with one attached hydrogen (secondary N) is 2. The van der Waals surface area contributed by atoms with E-state index in [1.165, 1.54) is 12.0 Å². The van der Waals surface area contributed by atoms with E-state index in [2.05, 4.69) is 30.5 Å². The van der Waals surface area contributed by atoms with Crippen molar-refractivity contribution >= 4 is 28.4 Å². The third-order valence-corrected chi connectivity index (χ3v) is 6.61. The molecule has 0 bridgehead atoms. The van der Waals surface area contributed by atoms with Gasteiger partial charge in [-0.2, -0.15) is 4.39 Å². The number of anilines is 3. The maximum Gasteiger partial charge on any atom is 0.217 e. The van der Waals surface area contributed by atoms with Crippen molar-refractivity contribution in [3.8, 4) is 11.4 Å². The largest absolute Gasteiger partial charge is 0.353 e. The van der Waals surface area contributed by atoms with E-state index in [1.807, 2.05) is 12.3 Å². The number of hydrogen-bond donors (Lipinski definition) is 2. The molecule has 2 N–H and O–H groups in total. The van der Waals surface area contributed by atoms with Crippen LogP contribution in [0.4, 0.5) is 26.2 Å². The normalized spacial score (nSPS) is 16.3. The summed E-state index contributed by atoms with van der Waals surface area (Å²) in [6.45, 7) is 3.51. The minimum Gasteiger partial charge on any atom is -0.353 e. The van der Waals surface area contributed by atoms with Gasteiger partial charge in [-0.05, 0) is 36.5 Å². The number of piperazine rings is 1. The molecule has 0 spiro atoms. The Kier molecular flexibility index (Phi) is 5.65. The Morgan fingerprint density at radius 1 is 0.971 bits per heavy atom. The van der Waals surface area contributed by atoms with Crippen molar-refractivity contribution in [3.63, 3.8) is 0 Å². The van der Waals surface area contributed by atoms with E-state index < -0.39 is 11.8 Å². The second kappa shape index (κ2) is 9.10. The minimum atomic E-state index is -0.906. The molecule has 0 radical (unpaired) electrons. The van der Waals surface area contributed by atoms with Crippen LogP contribution in [0.2, 0.25) is 0 Å². The third-order valence-electron chi connectivity index (χ3n) is 6.61. The molecule has 2 fully saturated rings. The van der Waals surface area contributed by atoms with Gasteiger partial charge in [-0.3, -0.25) is 4.98 Å². The second-order valence-corrected chi connectivity index (χ2v) is 8.91. The van der Waals surface area contributed by atoms with E-state index >= 15 is 0 Å². The Bertz CT molecular complexity index is 1370. The molecule has 0 atom stereocenters. The van der Waals surface area contributed by atoms with Gasteiger partial charge >= 0.3 is 0 Å². The third kappa shape index (κ3) is 4.37. The predicted molar refractivity (Wildman–Crippen MR) is 130 cm³/mol. The van der Waals surface area contributed by atoms with Crippen molar-refractivity contribution in [2.24, 2.45) is 0 Å². The molecule has 1 saturated heterocycles. The Hall–Kier alpha value is -3.79. The van der Waals surface area contributed by atoms with Gasteiger partial charge in [-0.25, -0.2) is 24.3 Å². The molecule has 0 aromatic carbocycles. The van der Waals surface area contributed by atoms with Crippen molar-refractivity contribution in [3.05, 3.63) is 60.2 Å². The van der Waals surface area contributed by atoms with Crippen LogP contribution in [0.25, 0.3) is 22.3 Å². The minimum absolute atomic E-state index is 0.0300. The highest BCUT2D eigenvalue weighted by atomic mass is 19.1. The number of nitrogens with zero attached hydrogens (tertiary/aromatic N) is 6. The maximum atomic E-state index is 13.6. The van der Waals surface area contributed by atoms with Gasteiger partial charge in [0.05, 0.1) is 11.7 Å². The molecule has 6 rings (SSSR count). The molecule has 0 amide bonds. The fraction of sp³-hybridized carbons (Fsp3) is 0.320. The monoisotopic (exact) mass is 474 g/mol. The smallest absolute Gasteiger partial charge is 0.217 e. The molecule has 8 nitrogen and oxygen atoms in total. The predicted octanol–water partition coefficient (Wildman–Crippen LogP) is 4.18. The van der Waals surface area contributed by atoms with E-state index in [9.17, 15) is 8.78 Å². The van der Waals surface area contributed by atoms with Crippen LogP contribution in [-0.4, -0.2) is 51.1 Å². The van der Waals surface area contributed by atoms with Gasteiger partial charge in [0.1, 0.15) is 23.3 Å². The summed E-state index contributed by atoms with van der Waals surface area (Å²) in [6, 6.07) is 5.40. The van der Waals surface area contributed by atoms with Crippen LogP contribution in [0.1, 0.15) is 30.7 Å². The average molecular weight is 475 g/mol. The summed E-state index contributed by atoms with van der Waals surface area (Å²) >= 11 is 0. The van der Waals surface area contributed by atoms with Crippen LogP contribution in [-0.2, 0) is 0 Å². The lowest BCUT2D eigenvalue weighted by Gasteiger charge is -2.32. The molecule has 0 unspecified atom stereocenters. The molecular formula is C25H24F2N8. The topological polar surface area (TPSA) is 91.8 Å². The Morgan fingerprint density at radius 3 is 2.60 bits per heavy atom. The first-order valence-electron chi connectivity index (χ1n) is 11.8. The Balaban J connectivity index is 1.43. The standard InChI is InChI=1S/C25H24F2N8/c26-17-11-20(27)32-22(12-17)33-21-10-16(4-5-30-21)24-31-19-14-29-13-18(15-2-1-3-15)23(19)25(34-24)35-8-6-28-7-9-35/h4-5,10-15,28H,1-3,6-9H2,(H,30,32,33). The summed E-state index contributed by atoms with van der Waals surface area (Å²) in [5, 5.41) is 7.35. The van der Waals surface area contributed by atoms with Crippen LogP contribution < -0.4 is 15.5 Å². The van der Waals surface area contributed by atoms with Gasteiger partial charge in [0.15, 0.2) is 5.82 Å². The highest BCUT2D eigenvalue weighted by molar-refractivity contribution is 5.94. The van der Waals surface area contributed by atoms with Crippen molar-refractivity contribution in [2.45, 2.75) is 25.2 Å². The highest BCUT2D eigenvalue weighted by Gasteiger charge is 2.26. The van der Waals surface area contributed by atoms with Crippen molar-refractivity contribution in [1.29, 1.82) is 0 Å². The van der Waals surface area contributed by atoms with Gasteiger partial charge in [0, 0.05) is 61.7 Å². The SMILES string of the molecule is Fc1cc(F)nc(Nc2cc(-c3nc(N4CCNCC4)c4c(C5CCC5)cncc4n3)ccn2)c1. The number of aromatic nitrogens is 5. The molecule has 1 aliphatic carbocycles. The zero-order valence-corrected chi connectivity index (χ0v) is 19.0. The Labute approximate surface area is 200 Å². The van der Waals surface area contributed by atoms with E-state index in [0.29, 0.717) is 17.6 Å². The zero-order chi connectivity index (χ0) is 23.8. The summed E-state index contributed by atoms with van der Waals surface area (Å²) in [5.74, 6) is 0.759. The molecular weight excluding hydrogens is 450 g/mol. The van der Waals surface area contributed by atoms with Gasteiger partial charge in [0.2, 0.25) is 5.95 Å². The number of halogens is 2. The van der Waals surface area contributed by atoms with Gasteiger partial charge in [-0.15, -0.1) is 0 Å². The van der Waals surface area contributed by atoms with Crippen molar-refractivity contribution in [1.82, 2.24) is 30.2 Å². The van der Waals surface area contributed by atoms with Crippen LogP contribution >= 0.6 is 0 Å². The second-order valence-electron chi connectivity index (χ2n) is 8.91. The van der Waals surface area contributed by atoms with E-state index in [0.717, 1.165) is 73.4 Å². The fourth-order valence-electron chi connectivity index (χ4n) is 4.65. The van der Waals surface area contributed by atoms with E-state index in [1.54, 1.807) is 18.5 Å². The molecule has 1 saturated carbocycles. The number of fused-ring (bicyclic) bond motifs is 1. The van der Waals surface area contributed by atoms with Crippen LogP contribution in [0.5, 0.6) is 0 Å². The molecule has 2 aliphatic rings. The first kappa shape index (κ1) is 21.7. The molecule has 1 aliphatic heterocycles. The number of hydrogen-bond acceptors (Lipinski definition) is 8. The molecule has 4 aromatic rings. The first-order valence-corrected chi connectivity index (χ1v) is 11.8. The number of rotatable bonds is 5. The zero-order valence-electron chi connectivity index (χ0n) is 19.0. The van der Waals surface area contributed by atoms with E-state index in [-0.39, 0.29) is 5.82 Å². The van der Waals surface area contributed by atoms with Gasteiger partial charge < -0.3 is 15.5 Å². The lowest BCUT2D eigenvalue weighted by molar-refractivity contribution is 0.421. The van der Waals surface area contributed by atoms with Gasteiger partial charge in [-0.1, -0.05) is 6.42 Å².